The first-order valence-corrected chi connectivity index (χ1v) is 7.76. The molecule has 0 fully saturated rings. The summed E-state index contributed by atoms with van der Waals surface area (Å²) < 4.78 is 16.2. The average Bonchev–Trinajstić information content (AvgIpc) is 2.69. The Bertz CT molecular complexity index is 580. The highest BCUT2D eigenvalue weighted by Gasteiger charge is 2.16. The summed E-state index contributed by atoms with van der Waals surface area (Å²) in [6.07, 6.45) is 3.35. The summed E-state index contributed by atoms with van der Waals surface area (Å²) in [4.78, 5) is 4.53. The fraction of sp³-hybridized carbons (Fsp3) is 0.500. The number of hydrogen-bond donors (Lipinski definition) is 0. The summed E-state index contributed by atoms with van der Waals surface area (Å²) in [6.45, 7) is 4.89. The molecule has 1 unspecified atom stereocenters. The number of unbranched alkanes of at least 4 members (excludes halogenated alkanes) is 2. The monoisotopic (exact) mass is 346 g/mol. The Morgan fingerprint density at radius 2 is 2.16 bits per heavy atom. The SMILES string of the molecule is CCCCCn1c(C(C)Cl)nc2cc(Br)c(F)cc21. The Morgan fingerprint density at radius 1 is 1.42 bits per heavy atom. The molecule has 0 aliphatic heterocycles. The summed E-state index contributed by atoms with van der Waals surface area (Å²) in [5.74, 6) is 0.545. The first-order chi connectivity index (χ1) is 9.04. The van der Waals surface area contributed by atoms with E-state index in [0.29, 0.717) is 4.47 Å². The quantitative estimate of drug-likeness (QED) is 0.521. The van der Waals surface area contributed by atoms with Crippen LogP contribution in [0.5, 0.6) is 0 Å². The number of benzene rings is 1. The molecule has 2 rings (SSSR count). The number of imidazole rings is 1. The molecule has 104 valence electrons. The third-order valence-corrected chi connectivity index (χ3v) is 3.96. The third-order valence-electron chi connectivity index (χ3n) is 3.16. The van der Waals surface area contributed by atoms with Crippen molar-refractivity contribution >= 4 is 38.6 Å². The highest BCUT2D eigenvalue weighted by atomic mass is 79.9. The van der Waals surface area contributed by atoms with Crippen LogP contribution in [0.25, 0.3) is 11.0 Å². The zero-order valence-electron chi connectivity index (χ0n) is 11.1. The number of fused-ring (bicyclic) bond motifs is 1. The Kier molecular flexibility index (Phi) is 4.85. The van der Waals surface area contributed by atoms with Crippen LogP contribution in [-0.4, -0.2) is 9.55 Å². The van der Waals surface area contributed by atoms with E-state index in [2.05, 4.69) is 27.8 Å². The first-order valence-electron chi connectivity index (χ1n) is 6.53. The van der Waals surface area contributed by atoms with Crippen molar-refractivity contribution in [1.29, 1.82) is 0 Å². The Hall–Kier alpha value is -0.610. The summed E-state index contributed by atoms with van der Waals surface area (Å²) >= 11 is 9.38. The van der Waals surface area contributed by atoms with Gasteiger partial charge in [-0.25, -0.2) is 9.37 Å². The van der Waals surface area contributed by atoms with Crippen molar-refractivity contribution in [3.8, 4) is 0 Å². The molecule has 0 amide bonds. The van der Waals surface area contributed by atoms with Crippen LogP contribution in [-0.2, 0) is 6.54 Å². The lowest BCUT2D eigenvalue weighted by molar-refractivity contribution is 0.588. The molecule has 0 saturated carbocycles. The molecule has 0 aliphatic carbocycles. The van der Waals surface area contributed by atoms with E-state index in [0.717, 1.165) is 42.7 Å². The Morgan fingerprint density at radius 3 is 2.79 bits per heavy atom. The fourth-order valence-electron chi connectivity index (χ4n) is 2.20. The molecule has 2 aromatic rings. The molecule has 0 aliphatic rings. The second-order valence-corrected chi connectivity index (χ2v) is 6.21. The molecule has 0 N–H and O–H groups in total. The summed E-state index contributed by atoms with van der Waals surface area (Å²) in [5.41, 5.74) is 1.60. The minimum atomic E-state index is -0.266. The van der Waals surface area contributed by atoms with Crippen molar-refractivity contribution in [2.24, 2.45) is 0 Å². The van der Waals surface area contributed by atoms with E-state index < -0.39 is 0 Å². The second-order valence-electron chi connectivity index (χ2n) is 4.70. The standard InChI is InChI=1S/C14H17BrClFN2/c1-3-4-5-6-19-13-8-11(17)10(15)7-12(13)18-14(19)9(2)16/h7-9H,3-6H2,1-2H3. The first kappa shape index (κ1) is 14.8. The van der Waals surface area contributed by atoms with Crippen LogP contribution in [0.15, 0.2) is 16.6 Å². The van der Waals surface area contributed by atoms with Gasteiger partial charge < -0.3 is 4.57 Å². The number of aromatic nitrogens is 2. The van der Waals surface area contributed by atoms with Crippen molar-refractivity contribution in [2.45, 2.75) is 45.0 Å². The Balaban J connectivity index is 2.49. The minimum absolute atomic E-state index is 0.184. The van der Waals surface area contributed by atoms with Crippen LogP contribution in [0.3, 0.4) is 0 Å². The van der Waals surface area contributed by atoms with E-state index in [1.807, 2.05) is 11.5 Å². The van der Waals surface area contributed by atoms with Gasteiger partial charge in [0.15, 0.2) is 0 Å². The van der Waals surface area contributed by atoms with Gasteiger partial charge in [0.2, 0.25) is 0 Å². The maximum atomic E-state index is 13.7. The van der Waals surface area contributed by atoms with Gasteiger partial charge >= 0.3 is 0 Å². The number of aryl methyl sites for hydroxylation is 1. The number of alkyl halides is 1. The zero-order valence-corrected chi connectivity index (χ0v) is 13.4. The molecular weight excluding hydrogens is 331 g/mol. The highest BCUT2D eigenvalue weighted by molar-refractivity contribution is 9.10. The molecule has 19 heavy (non-hydrogen) atoms. The van der Waals surface area contributed by atoms with E-state index >= 15 is 0 Å². The third kappa shape index (κ3) is 3.11. The average molecular weight is 348 g/mol. The summed E-state index contributed by atoms with van der Waals surface area (Å²) in [5, 5.41) is -0.184. The van der Waals surface area contributed by atoms with Gasteiger partial charge in [0, 0.05) is 12.6 Å². The molecule has 5 heteroatoms. The van der Waals surface area contributed by atoms with Crippen molar-refractivity contribution in [1.82, 2.24) is 9.55 Å². The van der Waals surface area contributed by atoms with Gasteiger partial charge in [-0.05, 0) is 35.3 Å². The number of nitrogens with zero attached hydrogens (tertiary/aromatic N) is 2. The van der Waals surface area contributed by atoms with Crippen LogP contribution in [0.4, 0.5) is 4.39 Å². The lowest BCUT2D eigenvalue weighted by atomic mass is 10.2. The topological polar surface area (TPSA) is 17.8 Å². The number of hydrogen-bond acceptors (Lipinski definition) is 1. The van der Waals surface area contributed by atoms with Crippen LogP contribution < -0.4 is 0 Å². The van der Waals surface area contributed by atoms with E-state index in [9.17, 15) is 4.39 Å². The van der Waals surface area contributed by atoms with Gasteiger partial charge in [-0.1, -0.05) is 19.8 Å². The van der Waals surface area contributed by atoms with Crippen LogP contribution >= 0.6 is 27.5 Å². The number of halogens is 3. The molecular formula is C14H17BrClFN2. The van der Waals surface area contributed by atoms with Gasteiger partial charge in [-0.2, -0.15) is 0 Å². The van der Waals surface area contributed by atoms with E-state index in [-0.39, 0.29) is 11.2 Å². The highest BCUT2D eigenvalue weighted by Crippen LogP contribution is 2.28. The number of rotatable bonds is 5. The largest absolute Gasteiger partial charge is 0.327 e. The zero-order chi connectivity index (χ0) is 14.0. The molecule has 0 spiro atoms. The van der Waals surface area contributed by atoms with Gasteiger partial charge in [0.1, 0.15) is 11.6 Å². The van der Waals surface area contributed by atoms with Gasteiger partial charge in [-0.15, -0.1) is 11.6 Å². The fourth-order valence-corrected chi connectivity index (χ4v) is 2.70. The predicted molar refractivity (Wildman–Crippen MR) is 81.2 cm³/mol. The summed E-state index contributed by atoms with van der Waals surface area (Å²) in [6, 6.07) is 3.24. The van der Waals surface area contributed by atoms with E-state index in [1.165, 1.54) is 6.07 Å². The maximum Gasteiger partial charge on any atom is 0.139 e. The van der Waals surface area contributed by atoms with Gasteiger partial charge in [0.25, 0.3) is 0 Å². The normalized spacial score (nSPS) is 13.1. The lowest BCUT2D eigenvalue weighted by Gasteiger charge is -2.10. The van der Waals surface area contributed by atoms with Crippen molar-refractivity contribution < 1.29 is 4.39 Å². The lowest BCUT2D eigenvalue weighted by Crippen LogP contribution is -2.04. The van der Waals surface area contributed by atoms with Crippen molar-refractivity contribution in [3.63, 3.8) is 0 Å². The van der Waals surface area contributed by atoms with Gasteiger partial charge in [0.05, 0.1) is 20.9 Å². The van der Waals surface area contributed by atoms with E-state index in [4.69, 9.17) is 11.6 Å². The molecule has 2 nitrogen and oxygen atoms in total. The maximum absolute atomic E-state index is 13.7. The molecule has 1 heterocycles. The molecule has 0 saturated heterocycles. The molecule has 0 bridgehead atoms. The predicted octanol–water partition coefficient (Wildman–Crippen LogP) is 5.43. The molecule has 1 aromatic carbocycles. The van der Waals surface area contributed by atoms with Crippen molar-refractivity contribution in [2.75, 3.05) is 0 Å². The van der Waals surface area contributed by atoms with Crippen molar-refractivity contribution in [3.05, 3.63) is 28.2 Å². The van der Waals surface area contributed by atoms with Crippen LogP contribution in [0, 0.1) is 5.82 Å². The molecule has 1 aromatic heterocycles. The molecule has 0 radical (unpaired) electrons. The van der Waals surface area contributed by atoms with E-state index in [1.54, 1.807) is 6.07 Å². The Labute approximate surface area is 126 Å². The van der Waals surface area contributed by atoms with Crippen LogP contribution in [0.2, 0.25) is 0 Å². The molecule has 1 atom stereocenters. The summed E-state index contributed by atoms with van der Waals surface area (Å²) in [7, 11) is 0. The second kappa shape index (κ2) is 6.23. The smallest absolute Gasteiger partial charge is 0.139 e. The minimum Gasteiger partial charge on any atom is -0.327 e. The van der Waals surface area contributed by atoms with Gasteiger partial charge in [-0.3, -0.25) is 0 Å². The van der Waals surface area contributed by atoms with Crippen LogP contribution in [0.1, 0.15) is 44.3 Å².